The summed E-state index contributed by atoms with van der Waals surface area (Å²) in [6.07, 6.45) is 2.77. The Hall–Kier alpha value is -3.55. The van der Waals surface area contributed by atoms with Crippen LogP contribution in [0.15, 0.2) is 42.5 Å². The minimum absolute atomic E-state index is 0.0565. The molecule has 1 aromatic heterocycles. The Balaban J connectivity index is 1.13. The number of H-pyrrole nitrogens is 1. The summed E-state index contributed by atoms with van der Waals surface area (Å²) in [6, 6.07) is 13.9. The van der Waals surface area contributed by atoms with Gasteiger partial charge in [0.1, 0.15) is 5.82 Å². The molecule has 0 aliphatic carbocycles. The molecule has 8 heteroatoms. The summed E-state index contributed by atoms with van der Waals surface area (Å²) in [4.78, 5) is 37.8. The number of carbonyl (C=O) groups is 2. The molecule has 0 radical (unpaired) electrons. The largest absolute Gasteiger partial charge is 0.493 e. The first kappa shape index (κ1) is 23.2. The molecule has 1 N–H and O–H groups in total. The van der Waals surface area contributed by atoms with Gasteiger partial charge in [0.25, 0.3) is 0 Å². The number of piperidine rings is 1. The molecule has 2 fully saturated rings. The van der Waals surface area contributed by atoms with E-state index in [1.807, 2.05) is 52.3 Å². The Kier molecular flexibility index (Phi) is 6.61. The summed E-state index contributed by atoms with van der Waals surface area (Å²) in [5.74, 6) is 2.61. The Morgan fingerprint density at radius 1 is 1.09 bits per heavy atom. The highest BCUT2D eigenvalue weighted by Gasteiger charge is 2.37. The second-order valence-corrected chi connectivity index (χ2v) is 9.42. The van der Waals surface area contributed by atoms with Crippen LogP contribution in [0.3, 0.4) is 0 Å². The molecule has 184 valence electrons. The number of hydrogen-bond donors (Lipinski definition) is 1. The van der Waals surface area contributed by atoms with Crippen molar-refractivity contribution in [1.82, 2.24) is 19.8 Å². The van der Waals surface area contributed by atoms with Gasteiger partial charge in [-0.25, -0.2) is 4.98 Å². The number of carbonyl (C=O) groups excluding carboxylic acids is 2. The van der Waals surface area contributed by atoms with E-state index >= 15 is 0 Å². The van der Waals surface area contributed by atoms with Gasteiger partial charge in [0.15, 0.2) is 11.5 Å². The molecular formula is C27H32N4O4. The number of aromatic amines is 1. The summed E-state index contributed by atoms with van der Waals surface area (Å²) in [5.41, 5.74) is 3.11. The van der Waals surface area contributed by atoms with Crippen LogP contribution in [-0.2, 0) is 16.0 Å². The van der Waals surface area contributed by atoms with Gasteiger partial charge in [0, 0.05) is 38.5 Å². The smallest absolute Gasteiger partial charge is 0.227 e. The summed E-state index contributed by atoms with van der Waals surface area (Å²) in [6.45, 7) is 2.49. The maximum atomic E-state index is 13.2. The van der Waals surface area contributed by atoms with Crippen molar-refractivity contribution in [3.05, 3.63) is 53.9 Å². The molecule has 2 aliphatic rings. The molecule has 2 aliphatic heterocycles. The Morgan fingerprint density at radius 3 is 2.60 bits per heavy atom. The van der Waals surface area contributed by atoms with Gasteiger partial charge in [-0.05, 0) is 49.1 Å². The highest BCUT2D eigenvalue weighted by Crippen LogP contribution is 2.31. The Labute approximate surface area is 205 Å². The van der Waals surface area contributed by atoms with Crippen LogP contribution in [0.5, 0.6) is 11.5 Å². The standard InChI is InChI=1S/C27H32N4O4/c1-34-23-8-7-18(15-24(23)35-2)9-12-31-17-20(16-25(31)32)27(33)30-13-10-19(11-14-30)26-28-21-5-3-4-6-22(21)29-26/h3-8,15,19-20H,9-14,16-17H2,1-2H3,(H,28,29). The van der Waals surface area contributed by atoms with E-state index in [2.05, 4.69) is 4.98 Å². The van der Waals surface area contributed by atoms with Crippen LogP contribution in [0.4, 0.5) is 0 Å². The van der Waals surface area contributed by atoms with Crippen LogP contribution in [0.2, 0.25) is 0 Å². The molecule has 2 saturated heterocycles. The molecule has 5 rings (SSSR count). The van der Waals surface area contributed by atoms with Crippen LogP contribution in [0.25, 0.3) is 11.0 Å². The predicted octanol–water partition coefficient (Wildman–Crippen LogP) is 3.38. The zero-order valence-corrected chi connectivity index (χ0v) is 20.3. The average Bonchev–Trinajstić information content (AvgIpc) is 3.50. The van der Waals surface area contributed by atoms with Crippen molar-refractivity contribution in [2.24, 2.45) is 5.92 Å². The summed E-state index contributed by atoms with van der Waals surface area (Å²) >= 11 is 0. The van der Waals surface area contributed by atoms with Crippen molar-refractivity contribution in [2.75, 3.05) is 40.4 Å². The predicted molar refractivity (Wildman–Crippen MR) is 133 cm³/mol. The maximum Gasteiger partial charge on any atom is 0.227 e. The third-order valence-electron chi connectivity index (χ3n) is 7.28. The van der Waals surface area contributed by atoms with Crippen molar-refractivity contribution < 1.29 is 19.1 Å². The molecule has 8 nitrogen and oxygen atoms in total. The fourth-order valence-electron chi connectivity index (χ4n) is 5.25. The number of nitrogens with one attached hydrogen (secondary N) is 1. The van der Waals surface area contributed by atoms with Gasteiger partial charge < -0.3 is 24.3 Å². The van der Waals surface area contributed by atoms with E-state index in [1.165, 1.54) is 0 Å². The number of likely N-dealkylation sites (tertiary alicyclic amines) is 2. The molecule has 1 atom stereocenters. The van der Waals surface area contributed by atoms with E-state index in [4.69, 9.17) is 14.5 Å². The lowest BCUT2D eigenvalue weighted by molar-refractivity contribution is -0.136. The second-order valence-electron chi connectivity index (χ2n) is 9.42. The Bertz CT molecular complexity index is 1180. The average molecular weight is 477 g/mol. The number of ether oxygens (including phenoxy) is 2. The minimum Gasteiger partial charge on any atom is -0.493 e. The van der Waals surface area contributed by atoms with Crippen LogP contribution < -0.4 is 9.47 Å². The monoisotopic (exact) mass is 476 g/mol. The van der Waals surface area contributed by atoms with E-state index < -0.39 is 0 Å². The first-order valence-corrected chi connectivity index (χ1v) is 12.3. The lowest BCUT2D eigenvalue weighted by Gasteiger charge is -2.32. The van der Waals surface area contributed by atoms with E-state index in [0.717, 1.165) is 35.3 Å². The van der Waals surface area contributed by atoms with E-state index in [1.54, 1.807) is 14.2 Å². The van der Waals surface area contributed by atoms with E-state index in [0.29, 0.717) is 56.4 Å². The highest BCUT2D eigenvalue weighted by atomic mass is 16.5. The Morgan fingerprint density at radius 2 is 1.86 bits per heavy atom. The quantitative estimate of drug-likeness (QED) is 0.565. The molecule has 3 aromatic rings. The van der Waals surface area contributed by atoms with Crippen LogP contribution in [0, 0.1) is 5.92 Å². The van der Waals surface area contributed by atoms with Crippen molar-refractivity contribution in [1.29, 1.82) is 0 Å². The number of fused-ring (bicyclic) bond motifs is 1. The van der Waals surface area contributed by atoms with E-state index in [-0.39, 0.29) is 17.7 Å². The molecule has 0 saturated carbocycles. The maximum absolute atomic E-state index is 13.2. The molecule has 0 bridgehead atoms. The zero-order chi connectivity index (χ0) is 24.4. The number of nitrogens with zero attached hydrogens (tertiary/aromatic N) is 3. The molecule has 3 heterocycles. The number of benzene rings is 2. The second kappa shape index (κ2) is 9.98. The van der Waals surface area contributed by atoms with Gasteiger partial charge in [0.2, 0.25) is 11.8 Å². The normalized spacial score (nSPS) is 18.9. The zero-order valence-electron chi connectivity index (χ0n) is 20.3. The lowest BCUT2D eigenvalue weighted by Crippen LogP contribution is -2.42. The van der Waals surface area contributed by atoms with Gasteiger partial charge in [-0.3, -0.25) is 9.59 Å². The third kappa shape index (κ3) is 4.83. The number of para-hydroxylation sites is 2. The van der Waals surface area contributed by atoms with Crippen LogP contribution >= 0.6 is 0 Å². The van der Waals surface area contributed by atoms with E-state index in [9.17, 15) is 9.59 Å². The summed E-state index contributed by atoms with van der Waals surface area (Å²) in [7, 11) is 3.22. The van der Waals surface area contributed by atoms with Crippen LogP contribution in [0.1, 0.15) is 36.6 Å². The van der Waals surface area contributed by atoms with Crippen molar-refractivity contribution >= 4 is 22.8 Å². The minimum atomic E-state index is -0.254. The first-order valence-electron chi connectivity index (χ1n) is 12.3. The molecule has 1 unspecified atom stereocenters. The van der Waals surface area contributed by atoms with Crippen LogP contribution in [-0.4, -0.2) is 72.0 Å². The number of aromatic nitrogens is 2. The number of methoxy groups -OCH3 is 2. The molecule has 2 amide bonds. The van der Waals surface area contributed by atoms with Crippen molar-refractivity contribution in [3.63, 3.8) is 0 Å². The fraction of sp³-hybridized carbons (Fsp3) is 0.444. The number of rotatable bonds is 7. The molecule has 2 aromatic carbocycles. The number of amides is 2. The van der Waals surface area contributed by atoms with Crippen molar-refractivity contribution in [3.8, 4) is 11.5 Å². The number of imidazole rings is 1. The van der Waals surface area contributed by atoms with Gasteiger partial charge in [-0.15, -0.1) is 0 Å². The summed E-state index contributed by atoms with van der Waals surface area (Å²) < 4.78 is 10.7. The highest BCUT2D eigenvalue weighted by molar-refractivity contribution is 5.89. The van der Waals surface area contributed by atoms with Gasteiger partial charge in [-0.2, -0.15) is 0 Å². The molecule has 0 spiro atoms. The van der Waals surface area contributed by atoms with Gasteiger partial charge in [0.05, 0.1) is 31.2 Å². The third-order valence-corrected chi connectivity index (χ3v) is 7.28. The topological polar surface area (TPSA) is 87.8 Å². The lowest BCUT2D eigenvalue weighted by atomic mass is 9.95. The van der Waals surface area contributed by atoms with Crippen molar-refractivity contribution in [2.45, 2.75) is 31.6 Å². The fourth-order valence-corrected chi connectivity index (χ4v) is 5.25. The first-order chi connectivity index (χ1) is 17.1. The van der Waals surface area contributed by atoms with Gasteiger partial charge in [-0.1, -0.05) is 18.2 Å². The molecule has 35 heavy (non-hydrogen) atoms. The number of hydrogen-bond acceptors (Lipinski definition) is 5. The summed E-state index contributed by atoms with van der Waals surface area (Å²) in [5, 5.41) is 0. The molecular weight excluding hydrogens is 444 g/mol. The SMILES string of the molecule is COc1ccc(CCN2CC(C(=O)N3CCC(c4nc5ccccc5[nH]4)CC3)CC2=O)cc1OC. The van der Waals surface area contributed by atoms with Gasteiger partial charge >= 0.3 is 0 Å².